The number of nitrogens with two attached hydrogens (primary N) is 1. The second kappa shape index (κ2) is 10.1. The van der Waals surface area contributed by atoms with Crippen LogP contribution in [0.2, 0.25) is 0 Å². The first kappa shape index (κ1) is 24.1. The smallest absolute Gasteiger partial charge is 0.344 e. The number of carbonyl (C=O) groups excluding carboxylic acids is 3. The third-order valence-electron chi connectivity index (χ3n) is 4.89. The summed E-state index contributed by atoms with van der Waals surface area (Å²) in [5, 5.41) is 25.9. The van der Waals surface area contributed by atoms with E-state index in [0.717, 1.165) is 16.4 Å². The Morgan fingerprint density at radius 3 is 2.71 bits per heavy atom. The second-order valence-corrected chi connectivity index (χ2v) is 9.10. The molecule has 0 saturated carbocycles. The molecule has 0 aliphatic carbocycles. The Balaban J connectivity index is 1.52. The van der Waals surface area contributed by atoms with E-state index in [2.05, 4.69) is 24.7 Å². The van der Waals surface area contributed by atoms with Gasteiger partial charge in [0.25, 0.3) is 11.8 Å². The zero-order valence-electron chi connectivity index (χ0n) is 17.7. The van der Waals surface area contributed by atoms with Gasteiger partial charge in [0.1, 0.15) is 11.4 Å². The van der Waals surface area contributed by atoms with Crippen molar-refractivity contribution >= 4 is 57.9 Å². The lowest BCUT2D eigenvalue weighted by molar-refractivity contribution is -0.689. The minimum atomic E-state index is -1.49. The number of fused-ring (bicyclic) bond motifs is 1. The highest BCUT2D eigenvalue weighted by Gasteiger charge is 2.53. The summed E-state index contributed by atoms with van der Waals surface area (Å²) in [6, 6.07) is 4.33. The van der Waals surface area contributed by atoms with Gasteiger partial charge in [-0.25, -0.2) is 9.36 Å². The van der Waals surface area contributed by atoms with Crippen LogP contribution in [0.15, 0.2) is 47.0 Å². The van der Waals surface area contributed by atoms with Crippen LogP contribution in [0.4, 0.5) is 5.13 Å². The van der Waals surface area contributed by atoms with Crippen molar-refractivity contribution in [3.05, 3.63) is 47.7 Å². The lowest BCUT2D eigenvalue weighted by atomic mass is 10.0. The summed E-state index contributed by atoms with van der Waals surface area (Å²) < 4.78 is 5.63. The summed E-state index contributed by atoms with van der Waals surface area (Å²) in [4.78, 5) is 57.9. The Morgan fingerprint density at radius 2 is 2.09 bits per heavy atom. The maximum absolute atomic E-state index is 12.9. The van der Waals surface area contributed by atoms with Crippen molar-refractivity contribution in [1.82, 2.24) is 19.6 Å². The van der Waals surface area contributed by atoms with E-state index in [-0.39, 0.29) is 23.2 Å². The molecule has 0 bridgehead atoms. The predicted octanol–water partition coefficient (Wildman–Crippen LogP) is -2.68. The van der Waals surface area contributed by atoms with E-state index in [1.807, 2.05) is 6.07 Å². The van der Waals surface area contributed by atoms with Crippen molar-refractivity contribution in [3.8, 4) is 0 Å². The van der Waals surface area contributed by atoms with Gasteiger partial charge in [0.15, 0.2) is 24.1 Å². The van der Waals surface area contributed by atoms with E-state index in [9.17, 15) is 24.3 Å². The zero-order chi connectivity index (χ0) is 25.1. The number of aromatic nitrogens is 3. The lowest BCUT2D eigenvalue weighted by Gasteiger charge is -2.50. The minimum Gasteiger partial charge on any atom is -0.543 e. The molecule has 2 amide bonds. The standard InChI is InChI=1S/C19H17N7O7S2/c20-19-22-14(24-35-19)11(23-33-7-10(27)28)15(29)21-12-16(30)26-13(18(31)32)9(8-34-17(12)26)6-25-4-2-1-3-5-25/h1-5,12,17H,6-8H2,(H4-,20,21,22,24,27,28,29,31,32)/t12?,17-/m0/s1. The summed E-state index contributed by atoms with van der Waals surface area (Å²) in [5.41, 5.74) is 5.33. The summed E-state index contributed by atoms with van der Waals surface area (Å²) in [6.45, 7) is -0.577. The van der Waals surface area contributed by atoms with Gasteiger partial charge in [0.05, 0.1) is 11.7 Å². The number of hydrogen-bond acceptors (Lipinski definition) is 12. The van der Waals surface area contributed by atoms with E-state index in [1.54, 1.807) is 29.1 Å². The van der Waals surface area contributed by atoms with Crippen molar-refractivity contribution in [2.45, 2.75) is 18.0 Å². The quantitative estimate of drug-likeness (QED) is 0.135. The molecule has 1 fully saturated rings. The van der Waals surface area contributed by atoms with Crippen LogP contribution in [0.1, 0.15) is 5.82 Å². The molecule has 35 heavy (non-hydrogen) atoms. The lowest BCUT2D eigenvalue weighted by Crippen LogP contribution is -2.71. The van der Waals surface area contributed by atoms with E-state index in [0.29, 0.717) is 11.3 Å². The van der Waals surface area contributed by atoms with Gasteiger partial charge in [-0.1, -0.05) is 11.2 Å². The normalized spacial score (nSPS) is 19.6. The van der Waals surface area contributed by atoms with Gasteiger partial charge in [0, 0.05) is 35.0 Å². The molecule has 1 unspecified atom stereocenters. The molecule has 14 nitrogen and oxygen atoms in total. The number of carbonyl (C=O) groups is 4. The van der Waals surface area contributed by atoms with Crippen LogP contribution in [-0.4, -0.2) is 72.6 Å². The van der Waals surface area contributed by atoms with Gasteiger partial charge in [-0.3, -0.25) is 14.5 Å². The van der Waals surface area contributed by atoms with Crippen LogP contribution in [0.5, 0.6) is 0 Å². The fraction of sp³-hybridized carbons (Fsp3) is 0.263. The van der Waals surface area contributed by atoms with Gasteiger partial charge in [-0.05, 0) is 0 Å². The van der Waals surface area contributed by atoms with Gasteiger partial charge < -0.3 is 30.9 Å². The number of hydrogen-bond donors (Lipinski definition) is 3. The molecule has 0 radical (unpaired) electrons. The summed E-state index contributed by atoms with van der Waals surface area (Å²) >= 11 is 2.05. The highest BCUT2D eigenvalue weighted by atomic mass is 32.2. The third-order valence-corrected chi connectivity index (χ3v) is 6.77. The topological polar surface area (TPSA) is 204 Å². The Labute approximate surface area is 205 Å². The van der Waals surface area contributed by atoms with Crippen molar-refractivity contribution in [1.29, 1.82) is 0 Å². The average molecular weight is 520 g/mol. The van der Waals surface area contributed by atoms with Crippen LogP contribution in [0.3, 0.4) is 0 Å². The number of amides is 2. The van der Waals surface area contributed by atoms with Crippen LogP contribution in [0.25, 0.3) is 0 Å². The first-order chi connectivity index (χ1) is 16.8. The first-order valence-corrected chi connectivity index (χ1v) is 11.7. The van der Waals surface area contributed by atoms with E-state index < -0.39 is 47.5 Å². The van der Waals surface area contributed by atoms with Gasteiger partial charge >= 0.3 is 5.97 Å². The average Bonchev–Trinajstić information content (AvgIpc) is 3.25. The molecule has 4 heterocycles. The maximum atomic E-state index is 12.9. The number of thioether (sulfide) groups is 1. The van der Waals surface area contributed by atoms with E-state index in [4.69, 9.17) is 10.8 Å². The molecule has 2 aromatic heterocycles. The molecule has 0 aromatic carbocycles. The Kier molecular flexibility index (Phi) is 6.92. The predicted molar refractivity (Wildman–Crippen MR) is 118 cm³/mol. The number of nitrogen functional groups attached to an aromatic ring is 1. The number of carboxylic acid groups (broad SMARTS) is 2. The number of carboxylic acids is 2. The van der Waals surface area contributed by atoms with Crippen LogP contribution < -0.4 is 20.7 Å². The molecular weight excluding hydrogens is 502 g/mol. The molecule has 4 rings (SSSR count). The molecule has 2 aliphatic heterocycles. The van der Waals surface area contributed by atoms with E-state index >= 15 is 0 Å². The van der Waals surface area contributed by atoms with Crippen molar-refractivity contribution < 1.29 is 38.8 Å². The fourth-order valence-electron chi connectivity index (χ4n) is 3.43. The Hall–Kier alpha value is -4.05. The SMILES string of the molecule is Nc1nc(C(=NOCC(=O)O)C(=O)NC2C(=O)N3C(C(=O)[O-])=C(C[n+]4ccccc4)CS[C@@H]23)ns1. The van der Waals surface area contributed by atoms with Crippen LogP contribution in [-0.2, 0) is 30.6 Å². The summed E-state index contributed by atoms with van der Waals surface area (Å²) in [6.07, 6.45) is 3.54. The number of rotatable bonds is 9. The van der Waals surface area contributed by atoms with Gasteiger partial charge in [0.2, 0.25) is 18.1 Å². The van der Waals surface area contributed by atoms with Crippen molar-refractivity contribution in [3.63, 3.8) is 0 Å². The highest BCUT2D eigenvalue weighted by Crippen LogP contribution is 2.40. The number of oxime groups is 1. The van der Waals surface area contributed by atoms with Crippen molar-refractivity contribution in [2.24, 2.45) is 5.16 Å². The molecule has 0 spiro atoms. The number of nitrogens with one attached hydrogen (secondary N) is 1. The van der Waals surface area contributed by atoms with Crippen LogP contribution in [0, 0.1) is 0 Å². The largest absolute Gasteiger partial charge is 0.543 e. The molecule has 4 N–H and O–H groups in total. The molecule has 1 saturated heterocycles. The Morgan fingerprint density at radius 1 is 1.34 bits per heavy atom. The third kappa shape index (κ3) is 5.07. The van der Waals surface area contributed by atoms with Gasteiger partial charge in [-0.2, -0.15) is 9.36 Å². The second-order valence-electron chi connectivity index (χ2n) is 7.21. The number of β-lactam (4-membered cyclic amide) rings is 1. The first-order valence-electron chi connectivity index (χ1n) is 9.90. The highest BCUT2D eigenvalue weighted by molar-refractivity contribution is 8.00. The summed E-state index contributed by atoms with van der Waals surface area (Å²) in [5.74, 6) is -4.31. The van der Waals surface area contributed by atoms with E-state index in [1.165, 1.54) is 11.8 Å². The molecule has 2 atom stereocenters. The minimum absolute atomic E-state index is 0.0278. The zero-order valence-corrected chi connectivity index (χ0v) is 19.3. The molecule has 2 aromatic rings. The molecular formula is C19H17N7O7S2. The van der Waals surface area contributed by atoms with Gasteiger partial charge in [-0.15, -0.1) is 11.8 Å². The molecule has 16 heteroatoms. The number of nitrogens with zero attached hydrogens (tertiary/aromatic N) is 5. The fourth-order valence-corrected chi connectivity index (χ4v) is 5.20. The molecule has 182 valence electrons. The number of aliphatic carboxylic acids is 2. The van der Waals surface area contributed by atoms with Crippen molar-refractivity contribution in [2.75, 3.05) is 18.1 Å². The molecule has 2 aliphatic rings. The summed E-state index contributed by atoms with van der Waals surface area (Å²) in [7, 11) is 0. The van der Waals surface area contributed by atoms with Crippen LogP contribution >= 0.6 is 23.3 Å². The Bertz CT molecular complexity index is 1250. The number of anilines is 1. The monoisotopic (exact) mass is 519 g/mol. The maximum Gasteiger partial charge on any atom is 0.344 e. The number of pyridine rings is 1.